The van der Waals surface area contributed by atoms with Crippen LogP contribution in [0.1, 0.15) is 194 Å². The zero-order valence-corrected chi connectivity index (χ0v) is 37.7. The molecule has 0 aliphatic rings. The van der Waals surface area contributed by atoms with Gasteiger partial charge in [0.05, 0.1) is 27.7 Å². The van der Waals surface area contributed by atoms with E-state index in [1.165, 1.54) is 116 Å². The van der Waals surface area contributed by atoms with Gasteiger partial charge < -0.3 is 27.9 Å². The molecule has 9 nitrogen and oxygen atoms in total. The molecule has 2 atom stereocenters. The van der Waals surface area contributed by atoms with Crippen molar-refractivity contribution in [2.45, 2.75) is 200 Å². The Morgan fingerprint density at radius 3 is 1.50 bits per heavy atom. The minimum atomic E-state index is -4.64. The highest BCUT2D eigenvalue weighted by Gasteiger charge is 2.21. The maximum Gasteiger partial charge on any atom is 0.306 e. The topological polar surface area (TPSA) is 111 Å². The van der Waals surface area contributed by atoms with Crippen LogP contribution in [0.5, 0.6) is 0 Å². The summed E-state index contributed by atoms with van der Waals surface area (Å²) in [6.07, 6.45) is 43.3. The summed E-state index contributed by atoms with van der Waals surface area (Å²) in [5.41, 5.74) is 0. The number of nitrogens with zero attached hydrogens (tertiary/aromatic N) is 1. The Labute approximate surface area is 344 Å². The number of quaternary nitrogens is 1. The number of unbranched alkanes of at least 4 members (excludes halogenated alkanes) is 21. The Kier molecular flexibility index (Phi) is 37.5. The van der Waals surface area contributed by atoms with Crippen LogP contribution in [0, 0.1) is 0 Å². The number of allylic oxidation sites excluding steroid dienone is 6. The van der Waals surface area contributed by atoms with Crippen molar-refractivity contribution in [2.75, 3.05) is 47.5 Å². The van der Waals surface area contributed by atoms with E-state index in [-0.39, 0.29) is 26.1 Å². The molecular formula is C46H86NO8P. The van der Waals surface area contributed by atoms with Gasteiger partial charge in [-0.2, -0.15) is 0 Å². The zero-order valence-electron chi connectivity index (χ0n) is 36.8. The van der Waals surface area contributed by atoms with E-state index in [4.69, 9.17) is 18.5 Å². The van der Waals surface area contributed by atoms with E-state index in [0.29, 0.717) is 17.4 Å². The largest absolute Gasteiger partial charge is 0.756 e. The van der Waals surface area contributed by atoms with Gasteiger partial charge in [-0.1, -0.05) is 159 Å². The summed E-state index contributed by atoms with van der Waals surface area (Å²) >= 11 is 0. The van der Waals surface area contributed by atoms with Crippen molar-refractivity contribution in [1.29, 1.82) is 0 Å². The highest BCUT2D eigenvalue weighted by Crippen LogP contribution is 2.38. The summed E-state index contributed by atoms with van der Waals surface area (Å²) in [7, 11) is 1.13. The van der Waals surface area contributed by atoms with Gasteiger partial charge in [-0.05, 0) is 57.8 Å². The second kappa shape index (κ2) is 38.7. The molecule has 0 rings (SSSR count). The first-order chi connectivity index (χ1) is 27.0. The van der Waals surface area contributed by atoms with Crippen molar-refractivity contribution in [3.8, 4) is 0 Å². The third-order valence-electron chi connectivity index (χ3n) is 9.65. The summed E-state index contributed by atoms with van der Waals surface area (Å²) in [6, 6.07) is 0. The third kappa shape index (κ3) is 41.9. The van der Waals surface area contributed by atoms with Crippen LogP contribution in [-0.4, -0.2) is 70.0 Å². The number of hydrogen-bond acceptors (Lipinski definition) is 8. The molecule has 0 bridgehead atoms. The summed E-state index contributed by atoms with van der Waals surface area (Å²) in [4.78, 5) is 37.5. The molecule has 0 aliphatic heterocycles. The van der Waals surface area contributed by atoms with Gasteiger partial charge in [0.2, 0.25) is 0 Å². The standard InChI is InChI=1S/C46H86NO8P/c1-6-8-10-12-14-16-18-20-21-22-23-24-25-27-28-30-32-34-36-38-45(48)52-42-44(43-54-56(50,51)53-41-40-47(3,4)5)55-46(49)39-37-35-33-31-29-26-19-17-15-13-11-9-7-2/h22-23,26,29,33,35,44H,6-21,24-25,27-28,30-32,34,36-43H2,1-5H3/b23-22+,29-26+,35-33+. The fourth-order valence-electron chi connectivity index (χ4n) is 6.05. The minimum Gasteiger partial charge on any atom is -0.756 e. The molecule has 56 heavy (non-hydrogen) atoms. The monoisotopic (exact) mass is 812 g/mol. The van der Waals surface area contributed by atoms with Gasteiger partial charge >= 0.3 is 11.9 Å². The van der Waals surface area contributed by atoms with E-state index >= 15 is 0 Å². The second-order valence-corrected chi connectivity index (χ2v) is 17.8. The van der Waals surface area contributed by atoms with Gasteiger partial charge in [0.15, 0.2) is 6.10 Å². The van der Waals surface area contributed by atoms with Crippen molar-refractivity contribution >= 4 is 19.8 Å². The average molecular weight is 812 g/mol. The highest BCUT2D eigenvalue weighted by molar-refractivity contribution is 7.45. The number of hydrogen-bond donors (Lipinski definition) is 0. The van der Waals surface area contributed by atoms with Gasteiger partial charge in [0.25, 0.3) is 7.82 Å². The van der Waals surface area contributed by atoms with E-state index in [1.54, 1.807) is 0 Å². The Morgan fingerprint density at radius 2 is 1.00 bits per heavy atom. The highest BCUT2D eigenvalue weighted by atomic mass is 31.2. The molecule has 0 aromatic rings. The van der Waals surface area contributed by atoms with E-state index in [2.05, 4.69) is 38.2 Å². The third-order valence-corrected chi connectivity index (χ3v) is 10.6. The first-order valence-corrected chi connectivity index (χ1v) is 24.2. The summed E-state index contributed by atoms with van der Waals surface area (Å²) in [5, 5.41) is 0. The number of phosphoric acid groups is 1. The Balaban J connectivity index is 4.36. The van der Waals surface area contributed by atoms with E-state index in [1.807, 2.05) is 33.3 Å². The first kappa shape index (κ1) is 54.2. The molecule has 0 aromatic carbocycles. The fourth-order valence-corrected chi connectivity index (χ4v) is 6.78. The summed E-state index contributed by atoms with van der Waals surface area (Å²) in [6.45, 7) is 4.15. The Hall–Kier alpha value is -1.77. The second-order valence-electron chi connectivity index (χ2n) is 16.4. The van der Waals surface area contributed by atoms with Crippen LogP contribution in [0.2, 0.25) is 0 Å². The summed E-state index contributed by atoms with van der Waals surface area (Å²) < 4.78 is 33.8. The van der Waals surface area contributed by atoms with Gasteiger partial charge in [0, 0.05) is 12.8 Å². The van der Waals surface area contributed by atoms with Gasteiger partial charge in [-0.15, -0.1) is 0 Å². The van der Waals surface area contributed by atoms with Crippen molar-refractivity contribution < 1.29 is 42.1 Å². The lowest BCUT2D eigenvalue weighted by Gasteiger charge is -2.28. The van der Waals surface area contributed by atoms with Crippen LogP contribution >= 0.6 is 7.82 Å². The molecule has 10 heteroatoms. The van der Waals surface area contributed by atoms with Gasteiger partial charge in [-0.25, -0.2) is 0 Å². The Bertz CT molecular complexity index is 1050. The predicted octanol–water partition coefficient (Wildman–Crippen LogP) is 12.3. The molecule has 0 radical (unpaired) electrons. The van der Waals surface area contributed by atoms with Crippen molar-refractivity contribution in [3.05, 3.63) is 36.5 Å². The molecule has 0 aliphatic carbocycles. The molecule has 0 spiro atoms. The lowest BCUT2D eigenvalue weighted by Crippen LogP contribution is -2.37. The number of carbonyl (C=O) groups is 2. The molecule has 0 saturated carbocycles. The van der Waals surface area contributed by atoms with Crippen LogP contribution in [0.25, 0.3) is 0 Å². The van der Waals surface area contributed by atoms with Crippen molar-refractivity contribution in [1.82, 2.24) is 0 Å². The molecular weight excluding hydrogens is 725 g/mol. The van der Waals surface area contributed by atoms with Crippen LogP contribution in [-0.2, 0) is 32.7 Å². The smallest absolute Gasteiger partial charge is 0.306 e. The minimum absolute atomic E-state index is 0.0406. The van der Waals surface area contributed by atoms with E-state index in [9.17, 15) is 19.0 Å². The van der Waals surface area contributed by atoms with E-state index in [0.717, 1.165) is 44.9 Å². The first-order valence-electron chi connectivity index (χ1n) is 22.7. The molecule has 0 fully saturated rings. The number of ether oxygens (including phenoxy) is 2. The van der Waals surface area contributed by atoms with Crippen LogP contribution in [0.15, 0.2) is 36.5 Å². The molecule has 0 amide bonds. The SMILES string of the molecule is CCCCCCCC/C=C/C/C=C/CCC(=O)OC(COC(=O)CCCCCCCCC/C=C/CCCCCCCCCC)COP(=O)([O-])OCC[N+](C)(C)C. The molecule has 2 unspecified atom stereocenters. The van der Waals surface area contributed by atoms with Crippen LogP contribution < -0.4 is 4.89 Å². The molecule has 0 N–H and O–H groups in total. The maximum atomic E-state index is 12.6. The number of rotatable bonds is 41. The van der Waals surface area contributed by atoms with Crippen LogP contribution in [0.4, 0.5) is 0 Å². The number of carbonyl (C=O) groups excluding carboxylic acids is 2. The van der Waals surface area contributed by atoms with Crippen LogP contribution in [0.3, 0.4) is 0 Å². The lowest BCUT2D eigenvalue weighted by molar-refractivity contribution is -0.870. The van der Waals surface area contributed by atoms with Crippen molar-refractivity contribution in [3.63, 3.8) is 0 Å². The van der Waals surface area contributed by atoms with Crippen molar-refractivity contribution in [2.24, 2.45) is 0 Å². The lowest BCUT2D eigenvalue weighted by atomic mass is 10.1. The summed E-state index contributed by atoms with van der Waals surface area (Å²) in [5.74, 6) is -0.916. The molecule has 0 saturated heterocycles. The Morgan fingerprint density at radius 1 is 0.554 bits per heavy atom. The van der Waals surface area contributed by atoms with E-state index < -0.39 is 32.5 Å². The van der Waals surface area contributed by atoms with Gasteiger partial charge in [0.1, 0.15) is 19.8 Å². The average Bonchev–Trinajstić information content (AvgIpc) is 3.15. The normalized spacial score (nSPS) is 13.9. The maximum absolute atomic E-state index is 12.6. The number of phosphoric ester groups is 1. The zero-order chi connectivity index (χ0) is 41.4. The molecule has 0 heterocycles. The quantitative estimate of drug-likeness (QED) is 0.0197. The number of esters is 2. The number of likely N-dealkylation sites (N-methyl/N-ethyl adjacent to an activating group) is 1. The molecule has 328 valence electrons. The predicted molar refractivity (Wildman–Crippen MR) is 231 cm³/mol. The fraction of sp³-hybridized carbons (Fsp3) is 0.826. The molecule has 0 aromatic heterocycles. The van der Waals surface area contributed by atoms with Gasteiger partial charge in [-0.3, -0.25) is 14.2 Å².